The molecule has 0 spiro atoms. The summed E-state index contributed by atoms with van der Waals surface area (Å²) >= 11 is 0. The van der Waals surface area contributed by atoms with Crippen molar-refractivity contribution in [2.45, 2.75) is 32.5 Å². The number of hydrogen-bond donors (Lipinski definition) is 0. The normalized spacial score (nSPS) is 18.6. The van der Waals surface area contributed by atoms with Gasteiger partial charge in [-0.2, -0.15) is 4.31 Å². The van der Waals surface area contributed by atoms with Gasteiger partial charge in [-0.3, -0.25) is 0 Å². The molecule has 0 N–H and O–H groups in total. The van der Waals surface area contributed by atoms with Crippen molar-refractivity contribution in [2.75, 3.05) is 32.1 Å². The van der Waals surface area contributed by atoms with E-state index < -0.39 is 15.6 Å². The van der Waals surface area contributed by atoms with Gasteiger partial charge >= 0.3 is 0 Å². The van der Waals surface area contributed by atoms with Crippen LogP contribution in [0.4, 0.5) is 0 Å². The number of sulfonamides is 1. The molecule has 0 radical (unpaired) electrons. The van der Waals surface area contributed by atoms with Crippen LogP contribution >= 0.6 is 0 Å². The van der Waals surface area contributed by atoms with Gasteiger partial charge < -0.3 is 14.0 Å². The molecule has 126 valence electrons. The first kappa shape index (κ1) is 17.4. The van der Waals surface area contributed by atoms with Crippen LogP contribution < -0.4 is 0 Å². The summed E-state index contributed by atoms with van der Waals surface area (Å²) in [7, 11) is -1.44. The van der Waals surface area contributed by atoms with Gasteiger partial charge in [-0.05, 0) is 20.8 Å². The standard InChI is InChI=1S/C14H25N3O4S/c1-5-21-14(13-15-6-7-16(13)4)10-17(11-14)22(18,19)9-8-20-12(2)3/h6-7,12H,5,8-11H2,1-4H3. The molecular formula is C14H25N3O4S. The monoisotopic (exact) mass is 331 g/mol. The number of aromatic nitrogens is 2. The van der Waals surface area contributed by atoms with Crippen molar-refractivity contribution >= 4 is 10.0 Å². The summed E-state index contributed by atoms with van der Waals surface area (Å²) in [4.78, 5) is 4.32. The van der Waals surface area contributed by atoms with Gasteiger partial charge in [0.25, 0.3) is 0 Å². The molecule has 1 aromatic rings. The average molecular weight is 331 g/mol. The molecule has 8 heteroatoms. The van der Waals surface area contributed by atoms with Crippen molar-refractivity contribution in [2.24, 2.45) is 7.05 Å². The Morgan fingerprint density at radius 1 is 1.41 bits per heavy atom. The Hall–Kier alpha value is -0.960. The van der Waals surface area contributed by atoms with E-state index in [1.165, 1.54) is 4.31 Å². The highest BCUT2D eigenvalue weighted by Gasteiger charge is 2.52. The third kappa shape index (κ3) is 3.51. The Kier molecular flexibility index (Phi) is 5.26. The Labute approximate surface area is 132 Å². The average Bonchev–Trinajstić information content (AvgIpc) is 2.79. The van der Waals surface area contributed by atoms with E-state index in [1.807, 2.05) is 38.6 Å². The zero-order chi connectivity index (χ0) is 16.4. The SMILES string of the molecule is CCOC1(c2nccn2C)CN(S(=O)(=O)CCOC(C)C)C1. The van der Waals surface area contributed by atoms with Crippen molar-refractivity contribution in [1.29, 1.82) is 0 Å². The predicted molar refractivity (Wildman–Crippen MR) is 83.0 cm³/mol. The van der Waals surface area contributed by atoms with Crippen LogP contribution in [0, 0.1) is 0 Å². The molecule has 0 atom stereocenters. The molecule has 0 bridgehead atoms. The van der Waals surface area contributed by atoms with E-state index in [1.54, 1.807) is 6.20 Å². The first-order chi connectivity index (χ1) is 10.3. The van der Waals surface area contributed by atoms with E-state index in [-0.39, 0.29) is 18.5 Å². The molecule has 0 amide bonds. The minimum Gasteiger partial charge on any atom is -0.378 e. The number of aryl methyl sites for hydroxylation is 1. The summed E-state index contributed by atoms with van der Waals surface area (Å²) in [6.07, 6.45) is 3.56. The van der Waals surface area contributed by atoms with Crippen LogP contribution in [0.1, 0.15) is 26.6 Å². The number of nitrogens with zero attached hydrogens (tertiary/aromatic N) is 3. The van der Waals surface area contributed by atoms with Gasteiger partial charge in [0.05, 0.1) is 31.6 Å². The number of hydrogen-bond acceptors (Lipinski definition) is 5. The first-order valence-corrected chi connectivity index (χ1v) is 9.13. The lowest BCUT2D eigenvalue weighted by Gasteiger charge is -2.47. The minimum atomic E-state index is -3.32. The van der Waals surface area contributed by atoms with Crippen LogP contribution in [0.15, 0.2) is 12.4 Å². The molecule has 1 aromatic heterocycles. The fourth-order valence-electron chi connectivity index (χ4n) is 2.62. The summed E-state index contributed by atoms with van der Waals surface area (Å²) in [5.74, 6) is 0.757. The topological polar surface area (TPSA) is 73.7 Å². The Balaban J connectivity index is 2.02. The van der Waals surface area contributed by atoms with Crippen molar-refractivity contribution in [1.82, 2.24) is 13.9 Å². The third-order valence-corrected chi connectivity index (χ3v) is 5.43. The Bertz CT molecular complexity index is 591. The van der Waals surface area contributed by atoms with Crippen molar-refractivity contribution in [3.05, 3.63) is 18.2 Å². The maximum absolute atomic E-state index is 12.3. The maximum atomic E-state index is 12.3. The molecule has 1 saturated heterocycles. The number of rotatable bonds is 8. The molecule has 0 saturated carbocycles. The fraction of sp³-hybridized carbons (Fsp3) is 0.786. The van der Waals surface area contributed by atoms with Gasteiger partial charge in [0.15, 0.2) is 5.60 Å². The molecular weight excluding hydrogens is 306 g/mol. The highest BCUT2D eigenvalue weighted by molar-refractivity contribution is 7.89. The molecule has 1 aliphatic heterocycles. The second kappa shape index (κ2) is 6.66. The van der Waals surface area contributed by atoms with E-state index in [4.69, 9.17) is 9.47 Å². The van der Waals surface area contributed by atoms with Crippen LogP contribution in [0.2, 0.25) is 0 Å². The summed E-state index contributed by atoms with van der Waals surface area (Å²) in [6, 6.07) is 0. The van der Waals surface area contributed by atoms with E-state index >= 15 is 0 Å². The molecule has 1 aliphatic rings. The minimum absolute atomic E-state index is 0.00600. The zero-order valence-electron chi connectivity index (χ0n) is 13.7. The van der Waals surface area contributed by atoms with Crippen molar-refractivity contribution < 1.29 is 17.9 Å². The van der Waals surface area contributed by atoms with E-state index in [0.29, 0.717) is 19.7 Å². The summed E-state index contributed by atoms with van der Waals surface area (Å²) in [5.41, 5.74) is -0.640. The van der Waals surface area contributed by atoms with E-state index in [0.717, 1.165) is 5.82 Å². The Morgan fingerprint density at radius 2 is 2.09 bits per heavy atom. The highest BCUT2D eigenvalue weighted by Crippen LogP contribution is 2.36. The van der Waals surface area contributed by atoms with Crippen LogP contribution in [-0.2, 0) is 32.1 Å². The smallest absolute Gasteiger partial charge is 0.216 e. The van der Waals surface area contributed by atoms with Gasteiger partial charge in [-0.15, -0.1) is 0 Å². The summed E-state index contributed by atoms with van der Waals surface area (Å²) in [6.45, 7) is 7.00. The van der Waals surface area contributed by atoms with Crippen LogP contribution in [-0.4, -0.2) is 60.4 Å². The molecule has 0 aromatic carbocycles. The number of imidazole rings is 1. The first-order valence-electron chi connectivity index (χ1n) is 7.52. The lowest BCUT2D eigenvalue weighted by atomic mass is 9.95. The Morgan fingerprint density at radius 3 is 2.59 bits per heavy atom. The van der Waals surface area contributed by atoms with Crippen LogP contribution in [0.3, 0.4) is 0 Å². The molecule has 7 nitrogen and oxygen atoms in total. The van der Waals surface area contributed by atoms with Crippen LogP contribution in [0.5, 0.6) is 0 Å². The quantitative estimate of drug-likeness (QED) is 0.702. The van der Waals surface area contributed by atoms with Gasteiger partial charge in [0.1, 0.15) is 5.82 Å². The second-order valence-corrected chi connectivity index (χ2v) is 7.88. The van der Waals surface area contributed by atoms with Gasteiger partial charge in [0, 0.05) is 26.0 Å². The van der Waals surface area contributed by atoms with E-state index in [2.05, 4.69) is 4.98 Å². The molecule has 1 fully saturated rings. The summed E-state index contributed by atoms with van der Waals surface area (Å²) < 4.78 is 39.1. The van der Waals surface area contributed by atoms with Crippen LogP contribution in [0.25, 0.3) is 0 Å². The molecule has 0 unspecified atom stereocenters. The molecule has 2 rings (SSSR count). The largest absolute Gasteiger partial charge is 0.378 e. The third-order valence-electron chi connectivity index (χ3n) is 3.70. The molecule has 0 aliphatic carbocycles. The lowest BCUT2D eigenvalue weighted by molar-refractivity contribution is -0.125. The van der Waals surface area contributed by atoms with Gasteiger partial charge in [0.2, 0.25) is 10.0 Å². The summed E-state index contributed by atoms with van der Waals surface area (Å²) in [5, 5.41) is 0. The zero-order valence-corrected chi connectivity index (χ0v) is 14.5. The lowest BCUT2D eigenvalue weighted by Crippen LogP contribution is -2.63. The van der Waals surface area contributed by atoms with E-state index in [9.17, 15) is 8.42 Å². The highest BCUT2D eigenvalue weighted by atomic mass is 32.2. The fourth-order valence-corrected chi connectivity index (χ4v) is 3.99. The van der Waals surface area contributed by atoms with Crippen molar-refractivity contribution in [3.8, 4) is 0 Å². The number of ether oxygens (including phenoxy) is 2. The molecule has 2 heterocycles. The molecule has 22 heavy (non-hydrogen) atoms. The van der Waals surface area contributed by atoms with Crippen molar-refractivity contribution in [3.63, 3.8) is 0 Å². The second-order valence-electron chi connectivity index (χ2n) is 5.79. The van der Waals surface area contributed by atoms with Gasteiger partial charge in [-0.1, -0.05) is 0 Å². The maximum Gasteiger partial charge on any atom is 0.216 e. The van der Waals surface area contributed by atoms with Gasteiger partial charge in [-0.25, -0.2) is 13.4 Å². The predicted octanol–water partition coefficient (Wildman–Crippen LogP) is 0.722.